The van der Waals surface area contributed by atoms with E-state index in [0.717, 1.165) is 22.2 Å². The Bertz CT molecular complexity index is 1370. The van der Waals surface area contributed by atoms with Gasteiger partial charge in [-0.25, -0.2) is 29.5 Å². The number of hydrogen-bond donors (Lipinski definition) is 3. The second-order valence-corrected chi connectivity index (χ2v) is 8.36. The Morgan fingerprint density at radius 2 is 1.08 bits per heavy atom. The number of carbonyl (C=O) groups is 2. The van der Waals surface area contributed by atoms with Crippen LogP contribution in [0.5, 0.6) is 0 Å². The number of rotatable bonds is 0. The fraction of sp³-hybridized carbons (Fsp3) is 0.231. The highest BCUT2D eigenvalue weighted by Crippen LogP contribution is 2.16. The van der Waals surface area contributed by atoms with Gasteiger partial charge in [0.2, 0.25) is 0 Å². The van der Waals surface area contributed by atoms with E-state index >= 15 is 0 Å². The van der Waals surface area contributed by atoms with Gasteiger partial charge in [-0.2, -0.15) is 0 Å². The van der Waals surface area contributed by atoms with Crippen LogP contribution in [0.1, 0.15) is 24.2 Å². The first-order valence-electron chi connectivity index (χ1n) is 12.0. The van der Waals surface area contributed by atoms with Crippen molar-refractivity contribution in [2.24, 2.45) is 0 Å². The standard InChI is InChI=1S/C26H25N7O4/c34-25-32-21-11-7-17-5-9-19(28-23(17)30-21)15-27-16-20-10-6-18-8-12-22(31-24(18)29-20)33-26(35)37-14-4-2-1-3-13-36-25/h1-2,5-12,27H,3-4,13-16H2,(H,28,30,32,34)(H,29,31,33,35)/p+1/b2-1+. The Kier molecular flexibility index (Phi) is 7.42. The molecule has 6 bridgehead atoms. The minimum atomic E-state index is -0.586. The molecule has 11 heteroatoms. The molecule has 1 aliphatic rings. The van der Waals surface area contributed by atoms with Crippen molar-refractivity contribution >= 4 is 45.9 Å². The third kappa shape index (κ3) is 6.53. The van der Waals surface area contributed by atoms with Crippen LogP contribution in [0.4, 0.5) is 21.2 Å². The molecule has 4 aromatic heterocycles. The van der Waals surface area contributed by atoms with Crippen LogP contribution in [-0.4, -0.2) is 45.3 Å². The van der Waals surface area contributed by atoms with Gasteiger partial charge >= 0.3 is 12.2 Å². The largest absolute Gasteiger partial charge is 0.449 e. The molecule has 1 aliphatic heterocycles. The van der Waals surface area contributed by atoms with E-state index in [9.17, 15) is 9.59 Å². The topological polar surface area (TPSA) is 145 Å². The average Bonchev–Trinajstić information content (AvgIpc) is 2.89. The molecule has 188 valence electrons. The van der Waals surface area contributed by atoms with Crippen LogP contribution in [0.2, 0.25) is 0 Å². The third-order valence-corrected chi connectivity index (χ3v) is 5.59. The highest BCUT2D eigenvalue weighted by molar-refractivity contribution is 5.86. The molecule has 0 saturated heterocycles. The lowest BCUT2D eigenvalue weighted by molar-refractivity contribution is -0.687. The zero-order chi connectivity index (χ0) is 25.5. The predicted molar refractivity (Wildman–Crippen MR) is 137 cm³/mol. The van der Waals surface area contributed by atoms with Gasteiger partial charge in [0.25, 0.3) is 0 Å². The van der Waals surface area contributed by atoms with Gasteiger partial charge < -0.3 is 14.8 Å². The van der Waals surface area contributed by atoms with Crippen molar-refractivity contribution in [3.63, 3.8) is 0 Å². The van der Waals surface area contributed by atoms with E-state index in [1.165, 1.54) is 0 Å². The molecule has 37 heavy (non-hydrogen) atoms. The van der Waals surface area contributed by atoms with E-state index in [4.69, 9.17) is 9.47 Å². The Morgan fingerprint density at radius 1 is 0.622 bits per heavy atom. The molecule has 5 rings (SSSR count). The van der Waals surface area contributed by atoms with Gasteiger partial charge in [-0.15, -0.1) is 0 Å². The Balaban J connectivity index is 1.35. The maximum atomic E-state index is 12.1. The van der Waals surface area contributed by atoms with Crippen LogP contribution in [-0.2, 0) is 22.6 Å². The number of anilines is 2. The molecule has 0 saturated carbocycles. The molecule has 0 aromatic carbocycles. The number of carbonyl (C=O) groups excluding carboxylic acids is 2. The third-order valence-electron chi connectivity index (χ3n) is 5.59. The fourth-order valence-electron chi connectivity index (χ4n) is 3.77. The number of nitrogens with one attached hydrogen (secondary N) is 2. The number of aromatic nitrogens is 4. The summed E-state index contributed by atoms with van der Waals surface area (Å²) >= 11 is 0. The molecule has 0 radical (unpaired) electrons. The number of hydrogen-bond acceptors (Lipinski definition) is 8. The summed E-state index contributed by atoms with van der Waals surface area (Å²) in [5.41, 5.74) is 2.78. The van der Waals surface area contributed by atoms with Crippen LogP contribution < -0.4 is 16.0 Å². The molecule has 11 nitrogen and oxygen atoms in total. The Hall–Kier alpha value is -4.64. The zero-order valence-electron chi connectivity index (χ0n) is 20.0. The molecule has 5 heterocycles. The Labute approximate surface area is 212 Å². The number of pyridine rings is 4. The summed E-state index contributed by atoms with van der Waals surface area (Å²) in [6, 6.07) is 15.0. The van der Waals surface area contributed by atoms with Crippen molar-refractivity contribution in [1.82, 2.24) is 19.9 Å². The monoisotopic (exact) mass is 500 g/mol. The van der Waals surface area contributed by atoms with E-state index in [1.807, 2.05) is 48.6 Å². The molecule has 0 atom stereocenters. The highest BCUT2D eigenvalue weighted by Gasteiger charge is 2.09. The number of cyclic esters (lactones) is 2. The minimum Gasteiger partial charge on any atom is -0.449 e. The summed E-state index contributed by atoms with van der Waals surface area (Å²) in [5.74, 6) is 0.740. The second kappa shape index (κ2) is 11.4. The predicted octanol–water partition coefficient (Wildman–Crippen LogP) is 3.28. The molecular formula is C26H26N7O4+. The van der Waals surface area contributed by atoms with Crippen LogP contribution >= 0.6 is 0 Å². The Morgan fingerprint density at radius 3 is 1.57 bits per heavy atom. The maximum absolute atomic E-state index is 12.1. The zero-order valence-corrected chi connectivity index (χ0v) is 20.0. The number of quaternary nitrogens is 1. The van der Waals surface area contributed by atoms with Crippen LogP contribution in [0.3, 0.4) is 0 Å². The van der Waals surface area contributed by atoms with Gasteiger partial charge in [-0.05, 0) is 61.4 Å². The van der Waals surface area contributed by atoms with Crippen molar-refractivity contribution in [2.75, 3.05) is 23.8 Å². The van der Waals surface area contributed by atoms with E-state index in [1.54, 1.807) is 12.1 Å². The lowest BCUT2D eigenvalue weighted by atomic mass is 10.2. The van der Waals surface area contributed by atoms with Crippen molar-refractivity contribution in [3.8, 4) is 0 Å². The fourth-order valence-corrected chi connectivity index (χ4v) is 3.77. The lowest BCUT2D eigenvalue weighted by Crippen LogP contribution is -2.81. The van der Waals surface area contributed by atoms with Gasteiger partial charge in [0.05, 0.1) is 24.6 Å². The number of nitrogens with two attached hydrogens (primary N) is 1. The van der Waals surface area contributed by atoms with Crippen LogP contribution in [0, 0.1) is 0 Å². The molecule has 0 spiro atoms. The van der Waals surface area contributed by atoms with E-state index in [0.29, 0.717) is 48.9 Å². The number of ether oxygens (including phenoxy) is 2. The number of amides is 2. The van der Waals surface area contributed by atoms with Crippen LogP contribution in [0.15, 0.2) is 60.7 Å². The van der Waals surface area contributed by atoms with Gasteiger partial charge in [0.1, 0.15) is 24.7 Å². The SMILES string of the molecule is O=C1Nc2ccc3ccc(nc3n2)C[NH2+]Cc2ccc3ccc(nc3n2)NC(=O)OCC/C=C/CCO1. The van der Waals surface area contributed by atoms with E-state index < -0.39 is 12.2 Å². The van der Waals surface area contributed by atoms with Gasteiger partial charge in [0, 0.05) is 10.8 Å². The molecule has 2 amide bonds. The summed E-state index contributed by atoms with van der Waals surface area (Å²) in [7, 11) is 0. The molecule has 0 unspecified atom stereocenters. The molecule has 0 fully saturated rings. The maximum Gasteiger partial charge on any atom is 0.412 e. The summed E-state index contributed by atoms with van der Waals surface area (Å²) in [6.45, 7) is 1.65. The molecular weight excluding hydrogens is 474 g/mol. The summed E-state index contributed by atoms with van der Waals surface area (Å²) in [4.78, 5) is 42.4. The average molecular weight is 501 g/mol. The summed E-state index contributed by atoms with van der Waals surface area (Å²) in [5, 5.41) is 9.11. The normalized spacial score (nSPS) is 16.5. The molecule has 0 aliphatic carbocycles. The minimum absolute atomic E-state index is 0.207. The summed E-state index contributed by atoms with van der Waals surface area (Å²) in [6.07, 6.45) is 3.61. The van der Waals surface area contributed by atoms with E-state index in [2.05, 4.69) is 35.9 Å². The van der Waals surface area contributed by atoms with Gasteiger partial charge in [-0.3, -0.25) is 10.6 Å². The van der Waals surface area contributed by atoms with Crippen molar-refractivity contribution in [1.29, 1.82) is 0 Å². The first-order chi connectivity index (χ1) is 18.1. The summed E-state index contributed by atoms with van der Waals surface area (Å²) < 4.78 is 10.4. The lowest BCUT2D eigenvalue weighted by Gasteiger charge is -2.07. The van der Waals surface area contributed by atoms with Crippen molar-refractivity contribution in [3.05, 3.63) is 72.1 Å². The number of fused-ring (bicyclic) bond motifs is 4. The first kappa shape index (κ1) is 24.1. The van der Waals surface area contributed by atoms with Crippen molar-refractivity contribution < 1.29 is 24.4 Å². The van der Waals surface area contributed by atoms with Gasteiger partial charge in [-0.1, -0.05) is 12.2 Å². The second-order valence-electron chi connectivity index (χ2n) is 8.36. The van der Waals surface area contributed by atoms with E-state index in [-0.39, 0.29) is 13.2 Å². The van der Waals surface area contributed by atoms with Crippen LogP contribution in [0.25, 0.3) is 22.1 Å². The highest BCUT2D eigenvalue weighted by atomic mass is 16.6. The quantitative estimate of drug-likeness (QED) is 0.312. The van der Waals surface area contributed by atoms with Gasteiger partial charge in [0.15, 0.2) is 11.3 Å². The number of nitrogens with zero attached hydrogens (tertiary/aromatic N) is 4. The first-order valence-corrected chi connectivity index (χ1v) is 12.0. The molecule has 4 N–H and O–H groups in total. The molecule has 4 aromatic rings. The van der Waals surface area contributed by atoms with Crippen molar-refractivity contribution in [2.45, 2.75) is 25.9 Å². The smallest absolute Gasteiger partial charge is 0.412 e.